The molecule has 1 aliphatic heterocycles. The minimum atomic E-state index is -0.125. The Morgan fingerprint density at radius 1 is 1.38 bits per heavy atom. The lowest BCUT2D eigenvalue weighted by Crippen LogP contribution is -2.46. The second kappa shape index (κ2) is 2.01. The molecular formula is C5H11NO2. The number of likely N-dealkylation sites (N-methyl/N-ethyl adjacent to an activating group) is 1. The zero-order valence-electron chi connectivity index (χ0n) is 5.09. The van der Waals surface area contributed by atoms with E-state index in [1.165, 1.54) is 0 Å². The summed E-state index contributed by atoms with van der Waals surface area (Å²) in [5.74, 6) is 0. The molecule has 0 bridgehead atoms. The highest BCUT2D eigenvalue weighted by Crippen LogP contribution is 2.02. The normalized spacial score (nSPS) is 27.8. The minimum absolute atomic E-state index is 0.125. The van der Waals surface area contributed by atoms with Crippen LogP contribution in [0.3, 0.4) is 0 Å². The van der Waals surface area contributed by atoms with Gasteiger partial charge in [-0.1, -0.05) is 0 Å². The highest BCUT2D eigenvalue weighted by molar-refractivity contribution is 4.44. The van der Waals surface area contributed by atoms with E-state index in [4.69, 9.17) is 4.74 Å². The van der Waals surface area contributed by atoms with Gasteiger partial charge in [0.05, 0.1) is 20.3 Å². The van der Waals surface area contributed by atoms with Gasteiger partial charge >= 0.3 is 0 Å². The summed E-state index contributed by atoms with van der Waals surface area (Å²) < 4.78 is 4.86. The molecule has 0 radical (unpaired) electrons. The maximum atomic E-state index is 11.0. The van der Waals surface area contributed by atoms with Crippen LogP contribution in [0, 0.1) is 5.21 Å². The standard InChI is InChI=1S/C5H11NO2/c1-6(7)2-4-8-5-3-6/h2-5H2,1H3/i7+1. The summed E-state index contributed by atoms with van der Waals surface area (Å²) >= 11 is 0. The fourth-order valence-corrected chi connectivity index (χ4v) is 0.729. The van der Waals surface area contributed by atoms with Gasteiger partial charge in [0.1, 0.15) is 13.1 Å². The van der Waals surface area contributed by atoms with Gasteiger partial charge in [0.15, 0.2) is 0 Å². The monoisotopic (exact) mass is 118 g/mol. The Bertz CT molecular complexity index is 74.5. The van der Waals surface area contributed by atoms with Crippen molar-refractivity contribution in [3.8, 4) is 0 Å². The first-order valence-electron chi connectivity index (χ1n) is 2.84. The van der Waals surface area contributed by atoms with Crippen LogP contribution in [0.1, 0.15) is 0 Å². The van der Waals surface area contributed by atoms with Crippen LogP contribution in [0.15, 0.2) is 0 Å². The van der Waals surface area contributed by atoms with E-state index in [0.29, 0.717) is 26.3 Å². The maximum absolute atomic E-state index is 11.0. The first-order chi connectivity index (χ1) is 3.71. The number of quaternary nitrogens is 1. The quantitative estimate of drug-likeness (QED) is 0.330. The number of hydroxylamine groups is 3. The van der Waals surface area contributed by atoms with E-state index in [9.17, 15) is 5.21 Å². The molecule has 0 spiro atoms. The molecule has 1 aliphatic rings. The molecule has 8 heavy (non-hydrogen) atoms. The van der Waals surface area contributed by atoms with Crippen molar-refractivity contribution in [3.63, 3.8) is 0 Å². The Kier molecular flexibility index (Phi) is 1.51. The molecule has 48 valence electrons. The largest absolute Gasteiger partial charge is 0.633 e. The highest BCUT2D eigenvalue weighted by Gasteiger charge is 2.13. The van der Waals surface area contributed by atoms with E-state index in [1.807, 2.05) is 0 Å². The Morgan fingerprint density at radius 3 is 2.12 bits per heavy atom. The average Bonchev–Trinajstić information content (AvgIpc) is 1.65. The molecule has 0 aliphatic carbocycles. The van der Waals surface area contributed by atoms with Gasteiger partial charge in [-0.25, -0.2) is 0 Å². The van der Waals surface area contributed by atoms with E-state index in [1.54, 1.807) is 7.05 Å². The second-order valence-corrected chi connectivity index (χ2v) is 2.36. The van der Waals surface area contributed by atoms with E-state index in [2.05, 4.69) is 0 Å². The number of morpholine rings is 1. The van der Waals surface area contributed by atoms with E-state index >= 15 is 0 Å². The molecule has 1 rings (SSSR count). The van der Waals surface area contributed by atoms with Gasteiger partial charge in [0.2, 0.25) is 0 Å². The van der Waals surface area contributed by atoms with E-state index < -0.39 is 0 Å². The first-order valence-corrected chi connectivity index (χ1v) is 2.84. The third kappa shape index (κ3) is 1.43. The highest BCUT2D eigenvalue weighted by atomic mass is 17.4. The van der Waals surface area contributed by atoms with Crippen LogP contribution in [-0.2, 0) is 4.74 Å². The Labute approximate surface area is 49.0 Å². The molecule has 0 aromatic heterocycles. The van der Waals surface area contributed by atoms with E-state index in [0.717, 1.165) is 0 Å². The smallest absolute Gasteiger partial charge is 0.102 e. The molecule has 0 amide bonds. The van der Waals surface area contributed by atoms with Crippen LogP contribution in [0.5, 0.6) is 0 Å². The number of rotatable bonds is 0. The van der Waals surface area contributed by atoms with Gasteiger partial charge in [-0.05, 0) is 0 Å². The molecule has 0 atom stereocenters. The molecule has 0 N–H and O–H groups in total. The Hall–Kier alpha value is -0.120. The van der Waals surface area contributed by atoms with Crippen LogP contribution in [0.4, 0.5) is 0 Å². The minimum Gasteiger partial charge on any atom is -0.633 e. The molecule has 1 heterocycles. The molecule has 3 heteroatoms. The van der Waals surface area contributed by atoms with Crippen LogP contribution in [-0.4, -0.2) is 38.0 Å². The average molecular weight is 118 g/mol. The molecule has 0 aromatic carbocycles. The van der Waals surface area contributed by atoms with Crippen LogP contribution >= 0.6 is 0 Å². The molecule has 1 fully saturated rings. The van der Waals surface area contributed by atoms with Crippen molar-refractivity contribution in [2.24, 2.45) is 0 Å². The lowest BCUT2D eigenvalue weighted by Gasteiger charge is -2.41. The Balaban J connectivity index is 2.33. The van der Waals surface area contributed by atoms with E-state index in [-0.39, 0.29) is 4.65 Å². The van der Waals surface area contributed by atoms with Crippen molar-refractivity contribution >= 4 is 0 Å². The molecule has 0 aromatic rings. The molecular weight excluding hydrogens is 107 g/mol. The summed E-state index contributed by atoms with van der Waals surface area (Å²) in [5, 5.41) is 11.0. The first kappa shape index (κ1) is 6.01. The fourth-order valence-electron chi connectivity index (χ4n) is 0.729. The fraction of sp³-hybridized carbons (Fsp3) is 1.00. The van der Waals surface area contributed by atoms with Crippen molar-refractivity contribution in [2.45, 2.75) is 0 Å². The lowest BCUT2D eigenvalue weighted by molar-refractivity contribution is -0.869. The van der Waals surface area contributed by atoms with Crippen molar-refractivity contribution in [3.05, 3.63) is 5.21 Å². The number of hydrogen-bond donors (Lipinski definition) is 0. The lowest BCUT2D eigenvalue weighted by atomic mass is 10.5. The van der Waals surface area contributed by atoms with Gasteiger partial charge < -0.3 is 14.6 Å². The number of ether oxygens (including phenoxy) is 1. The summed E-state index contributed by atoms with van der Waals surface area (Å²) in [7, 11) is 1.68. The van der Waals surface area contributed by atoms with Crippen LogP contribution in [0.25, 0.3) is 0 Å². The predicted molar refractivity (Wildman–Crippen MR) is 30.1 cm³/mol. The van der Waals surface area contributed by atoms with Gasteiger partial charge in [-0.15, -0.1) is 0 Å². The van der Waals surface area contributed by atoms with Gasteiger partial charge in [-0.3, -0.25) is 0 Å². The topological polar surface area (TPSA) is 32.3 Å². The predicted octanol–water partition coefficient (Wildman–Crippen LogP) is -0.0390. The van der Waals surface area contributed by atoms with Crippen molar-refractivity contribution in [1.29, 1.82) is 0 Å². The van der Waals surface area contributed by atoms with Crippen molar-refractivity contribution in [2.75, 3.05) is 33.4 Å². The van der Waals surface area contributed by atoms with Gasteiger partial charge in [0.25, 0.3) is 0 Å². The third-order valence-electron chi connectivity index (χ3n) is 1.42. The summed E-state index contributed by atoms with van der Waals surface area (Å²) in [5.41, 5.74) is 0. The summed E-state index contributed by atoms with van der Waals surface area (Å²) in [6.07, 6.45) is 0. The summed E-state index contributed by atoms with van der Waals surface area (Å²) in [4.78, 5) is 0. The van der Waals surface area contributed by atoms with Gasteiger partial charge in [0, 0.05) is 0 Å². The zero-order valence-corrected chi connectivity index (χ0v) is 5.09. The second-order valence-electron chi connectivity index (χ2n) is 2.36. The summed E-state index contributed by atoms with van der Waals surface area (Å²) in [6, 6.07) is 0. The molecule has 3 nitrogen and oxygen atoms in total. The van der Waals surface area contributed by atoms with Gasteiger partial charge in [-0.2, -0.15) is 0 Å². The summed E-state index contributed by atoms with van der Waals surface area (Å²) in [6.45, 7) is 2.47. The van der Waals surface area contributed by atoms with Crippen molar-refractivity contribution in [1.82, 2.24) is 0 Å². The zero-order chi connectivity index (χ0) is 6.04. The van der Waals surface area contributed by atoms with Crippen molar-refractivity contribution < 1.29 is 9.38 Å². The SMILES string of the molecule is C[N+]1([17O-])CCOCC1. The number of hydrogen-bond acceptors (Lipinski definition) is 2. The third-order valence-corrected chi connectivity index (χ3v) is 1.42. The van der Waals surface area contributed by atoms with Crippen LogP contribution in [0.2, 0.25) is 0 Å². The Morgan fingerprint density at radius 2 is 1.88 bits per heavy atom. The molecule has 1 saturated heterocycles. The van der Waals surface area contributed by atoms with Crippen LogP contribution < -0.4 is 0 Å². The molecule has 0 unspecified atom stereocenters. The number of nitrogens with zero attached hydrogens (tertiary/aromatic N) is 1. The molecule has 0 saturated carbocycles. The maximum Gasteiger partial charge on any atom is 0.102 e.